The Kier molecular flexibility index (Phi) is 4.52. The van der Waals surface area contributed by atoms with Crippen LogP contribution in [0.4, 0.5) is 11.5 Å². The fraction of sp³-hybridized carbons (Fsp3) is 0.269. The molecule has 0 saturated heterocycles. The molecule has 4 rings (SSSR count). The lowest BCUT2D eigenvalue weighted by atomic mass is 9.88. The zero-order valence-corrected chi connectivity index (χ0v) is 18.8. The lowest BCUT2D eigenvalue weighted by Gasteiger charge is -2.40. The SMILES string of the molecule is CC1=CC(C)(C)N(C)c2ccc(/C=C3\C(C)=C(C#N)c4nc(N)c(C#N)c(C)c43)cc21. The van der Waals surface area contributed by atoms with Gasteiger partial charge in [0.15, 0.2) is 0 Å². The van der Waals surface area contributed by atoms with E-state index < -0.39 is 0 Å². The van der Waals surface area contributed by atoms with Crippen LogP contribution in [-0.4, -0.2) is 17.6 Å². The third kappa shape index (κ3) is 2.94. The number of nitriles is 2. The minimum atomic E-state index is -0.0428. The van der Waals surface area contributed by atoms with Crippen LogP contribution in [0.1, 0.15) is 61.2 Å². The predicted octanol–water partition coefficient (Wildman–Crippen LogP) is 5.33. The highest BCUT2D eigenvalue weighted by Crippen LogP contribution is 2.45. The van der Waals surface area contributed by atoms with Gasteiger partial charge in [0.25, 0.3) is 0 Å². The van der Waals surface area contributed by atoms with E-state index in [1.165, 1.54) is 16.8 Å². The number of likely N-dealkylation sites (N-methyl/N-ethyl adjacent to an activating group) is 1. The number of allylic oxidation sites excluding steroid dienone is 4. The van der Waals surface area contributed by atoms with Gasteiger partial charge in [-0.3, -0.25) is 0 Å². The third-order valence-electron chi connectivity index (χ3n) is 6.54. The molecule has 2 heterocycles. The number of fused-ring (bicyclic) bond motifs is 2. The largest absolute Gasteiger partial charge is 0.383 e. The van der Waals surface area contributed by atoms with Gasteiger partial charge in [0, 0.05) is 23.9 Å². The maximum atomic E-state index is 9.75. The summed E-state index contributed by atoms with van der Waals surface area (Å²) < 4.78 is 0. The molecule has 1 aliphatic heterocycles. The number of rotatable bonds is 1. The standard InChI is InChI=1S/C26H25N5/c1-14-11-26(4,5)31(6)22-8-7-17(9-18(14)22)10-19-15(2)20(12-27)24-23(19)16(3)21(13-28)25(29)30-24/h7-11H,1-6H3,(H2,29,30)/b19-10+. The number of nitrogen functional groups attached to an aromatic ring is 1. The molecule has 0 radical (unpaired) electrons. The van der Waals surface area contributed by atoms with Gasteiger partial charge in [0.2, 0.25) is 0 Å². The number of aromatic nitrogens is 1. The second-order valence-electron chi connectivity index (χ2n) is 8.82. The van der Waals surface area contributed by atoms with Crippen LogP contribution in [0.3, 0.4) is 0 Å². The summed E-state index contributed by atoms with van der Waals surface area (Å²) >= 11 is 0. The minimum absolute atomic E-state index is 0.0428. The van der Waals surface area contributed by atoms with Crippen molar-refractivity contribution < 1.29 is 0 Å². The average Bonchev–Trinajstić information content (AvgIpc) is 2.97. The molecule has 0 fully saturated rings. The quantitative estimate of drug-likeness (QED) is 0.690. The van der Waals surface area contributed by atoms with E-state index in [1.54, 1.807) is 0 Å². The van der Waals surface area contributed by atoms with Crippen LogP contribution in [0.2, 0.25) is 0 Å². The van der Waals surface area contributed by atoms with Gasteiger partial charge in [-0.1, -0.05) is 12.1 Å². The van der Waals surface area contributed by atoms with Crippen LogP contribution in [0, 0.1) is 29.6 Å². The van der Waals surface area contributed by atoms with Gasteiger partial charge in [-0.15, -0.1) is 0 Å². The molecule has 31 heavy (non-hydrogen) atoms. The summed E-state index contributed by atoms with van der Waals surface area (Å²) in [5.74, 6) is 0.167. The molecule has 1 aromatic carbocycles. The van der Waals surface area contributed by atoms with Crippen LogP contribution in [0.15, 0.2) is 29.8 Å². The number of pyridine rings is 1. The molecular formula is C26H25N5. The maximum Gasteiger partial charge on any atom is 0.142 e. The number of anilines is 2. The van der Waals surface area contributed by atoms with Crippen molar-refractivity contribution in [3.8, 4) is 12.1 Å². The Bertz CT molecular complexity index is 1320. The summed E-state index contributed by atoms with van der Waals surface area (Å²) in [7, 11) is 2.11. The molecule has 5 nitrogen and oxygen atoms in total. The first kappa shape index (κ1) is 20.4. The zero-order valence-electron chi connectivity index (χ0n) is 18.8. The molecule has 0 spiro atoms. The molecule has 2 N–H and O–H groups in total. The Labute approximate surface area is 183 Å². The molecule has 0 atom stereocenters. The summed E-state index contributed by atoms with van der Waals surface area (Å²) in [6.45, 7) is 10.3. The Morgan fingerprint density at radius 2 is 1.84 bits per heavy atom. The molecule has 0 saturated carbocycles. The average molecular weight is 408 g/mol. The van der Waals surface area contributed by atoms with Crippen molar-refractivity contribution >= 4 is 34.3 Å². The van der Waals surface area contributed by atoms with Gasteiger partial charge < -0.3 is 10.6 Å². The second kappa shape index (κ2) is 6.86. The monoisotopic (exact) mass is 407 g/mol. The molecule has 154 valence electrons. The molecule has 2 aliphatic rings. The normalized spacial score (nSPS) is 17.7. The molecule has 1 aromatic heterocycles. The van der Waals surface area contributed by atoms with E-state index >= 15 is 0 Å². The predicted molar refractivity (Wildman–Crippen MR) is 127 cm³/mol. The highest BCUT2D eigenvalue weighted by molar-refractivity contribution is 6.08. The fourth-order valence-electron chi connectivity index (χ4n) is 4.63. The lowest BCUT2D eigenvalue weighted by molar-refractivity contribution is 0.598. The molecule has 1 aliphatic carbocycles. The fourth-order valence-corrected chi connectivity index (χ4v) is 4.63. The Morgan fingerprint density at radius 3 is 2.48 bits per heavy atom. The van der Waals surface area contributed by atoms with Crippen molar-refractivity contribution in [3.05, 3.63) is 63.4 Å². The Hall–Kier alpha value is -3.83. The Balaban J connectivity index is 1.93. The molecule has 0 bridgehead atoms. The van der Waals surface area contributed by atoms with Crippen molar-refractivity contribution in [3.63, 3.8) is 0 Å². The summed E-state index contributed by atoms with van der Waals surface area (Å²) in [6, 6.07) is 10.9. The van der Waals surface area contributed by atoms with Crippen molar-refractivity contribution in [2.75, 3.05) is 17.7 Å². The smallest absolute Gasteiger partial charge is 0.142 e. The number of hydrogen-bond acceptors (Lipinski definition) is 5. The highest BCUT2D eigenvalue weighted by Gasteiger charge is 2.31. The van der Waals surface area contributed by atoms with Gasteiger partial charge in [0.05, 0.1) is 22.4 Å². The minimum Gasteiger partial charge on any atom is -0.383 e. The topological polar surface area (TPSA) is 89.7 Å². The van der Waals surface area contributed by atoms with E-state index in [9.17, 15) is 10.5 Å². The van der Waals surface area contributed by atoms with E-state index in [4.69, 9.17) is 5.73 Å². The van der Waals surface area contributed by atoms with E-state index in [0.29, 0.717) is 16.8 Å². The molecule has 0 amide bonds. The van der Waals surface area contributed by atoms with Gasteiger partial charge in [-0.25, -0.2) is 4.98 Å². The summed E-state index contributed by atoms with van der Waals surface area (Å²) in [6.07, 6.45) is 4.37. The first-order chi connectivity index (χ1) is 14.6. The number of benzene rings is 1. The van der Waals surface area contributed by atoms with E-state index in [1.807, 2.05) is 13.8 Å². The number of nitrogens with two attached hydrogens (primary N) is 1. The van der Waals surface area contributed by atoms with Gasteiger partial charge in [0.1, 0.15) is 18.0 Å². The molecule has 0 unspecified atom stereocenters. The molecular weight excluding hydrogens is 382 g/mol. The molecule has 2 aromatic rings. The maximum absolute atomic E-state index is 9.75. The van der Waals surface area contributed by atoms with Crippen LogP contribution in [0.25, 0.3) is 22.8 Å². The molecule has 5 heteroatoms. The lowest BCUT2D eigenvalue weighted by Crippen LogP contribution is -2.42. The van der Waals surface area contributed by atoms with Crippen molar-refractivity contribution in [2.45, 2.75) is 40.2 Å². The summed E-state index contributed by atoms with van der Waals surface area (Å²) in [5, 5.41) is 19.3. The third-order valence-corrected chi connectivity index (χ3v) is 6.54. The van der Waals surface area contributed by atoms with Crippen molar-refractivity contribution in [2.24, 2.45) is 0 Å². The summed E-state index contributed by atoms with van der Waals surface area (Å²) in [5.41, 5.74) is 15.4. The highest BCUT2D eigenvalue weighted by atomic mass is 15.2. The number of nitrogens with zero attached hydrogens (tertiary/aromatic N) is 4. The van der Waals surface area contributed by atoms with Crippen molar-refractivity contribution in [1.82, 2.24) is 4.98 Å². The van der Waals surface area contributed by atoms with E-state index in [-0.39, 0.29) is 11.4 Å². The summed E-state index contributed by atoms with van der Waals surface area (Å²) in [4.78, 5) is 6.69. The first-order valence-electron chi connectivity index (χ1n) is 10.2. The second-order valence-corrected chi connectivity index (χ2v) is 8.82. The van der Waals surface area contributed by atoms with Crippen LogP contribution in [-0.2, 0) is 0 Å². The van der Waals surface area contributed by atoms with E-state index in [2.05, 4.69) is 80.2 Å². The van der Waals surface area contributed by atoms with Crippen LogP contribution in [0.5, 0.6) is 0 Å². The van der Waals surface area contributed by atoms with Crippen LogP contribution < -0.4 is 10.6 Å². The first-order valence-corrected chi connectivity index (χ1v) is 10.2. The number of hydrogen-bond donors (Lipinski definition) is 1. The Morgan fingerprint density at radius 1 is 1.13 bits per heavy atom. The van der Waals surface area contributed by atoms with Gasteiger partial charge in [-0.05, 0) is 80.7 Å². The zero-order chi connectivity index (χ0) is 22.7. The van der Waals surface area contributed by atoms with Crippen molar-refractivity contribution in [1.29, 1.82) is 10.5 Å². The van der Waals surface area contributed by atoms with Gasteiger partial charge >= 0.3 is 0 Å². The van der Waals surface area contributed by atoms with Gasteiger partial charge in [-0.2, -0.15) is 10.5 Å². The van der Waals surface area contributed by atoms with Crippen LogP contribution >= 0.6 is 0 Å². The van der Waals surface area contributed by atoms with E-state index in [0.717, 1.165) is 27.8 Å².